The van der Waals surface area contributed by atoms with Crippen LogP contribution in [-0.2, 0) is 9.59 Å². The van der Waals surface area contributed by atoms with Gasteiger partial charge < -0.3 is 14.7 Å². The summed E-state index contributed by atoms with van der Waals surface area (Å²) in [6.45, 7) is 0. The fourth-order valence-electron chi connectivity index (χ4n) is 4.25. The molecule has 1 aliphatic heterocycles. The van der Waals surface area contributed by atoms with Crippen molar-refractivity contribution in [1.29, 1.82) is 0 Å². The SMILES string of the molecule is COc1ccccc1/C(O)=C1\C(=O)C(=O)N(c2nc3ccccc3s2)C1c1ccc(N(C)C)cc1. The smallest absolute Gasteiger partial charge is 0.301 e. The van der Waals surface area contributed by atoms with Gasteiger partial charge in [-0.25, -0.2) is 4.98 Å². The summed E-state index contributed by atoms with van der Waals surface area (Å²) >= 11 is 1.33. The maximum Gasteiger partial charge on any atom is 0.301 e. The molecular formula is C27H23N3O4S. The van der Waals surface area contributed by atoms with Crippen molar-refractivity contribution < 1.29 is 19.4 Å². The van der Waals surface area contributed by atoms with E-state index in [1.807, 2.05) is 67.5 Å². The van der Waals surface area contributed by atoms with Crippen molar-refractivity contribution in [3.05, 3.63) is 89.5 Å². The highest BCUT2D eigenvalue weighted by Gasteiger charge is 2.48. The van der Waals surface area contributed by atoms with Gasteiger partial charge in [-0.2, -0.15) is 0 Å². The third-order valence-electron chi connectivity index (χ3n) is 6.02. The Labute approximate surface area is 206 Å². The number of thiazole rings is 1. The van der Waals surface area contributed by atoms with E-state index < -0.39 is 17.7 Å². The number of nitrogens with zero attached hydrogens (tertiary/aromatic N) is 3. The maximum absolute atomic E-state index is 13.4. The number of hydrogen-bond donors (Lipinski definition) is 1. The van der Waals surface area contributed by atoms with E-state index in [2.05, 4.69) is 4.98 Å². The minimum Gasteiger partial charge on any atom is -0.507 e. The van der Waals surface area contributed by atoms with Crippen LogP contribution in [0.5, 0.6) is 5.75 Å². The van der Waals surface area contributed by atoms with Gasteiger partial charge in [-0.15, -0.1) is 0 Å². The topological polar surface area (TPSA) is 83.0 Å². The molecule has 0 spiro atoms. The second-order valence-electron chi connectivity index (χ2n) is 8.32. The third kappa shape index (κ3) is 3.81. The zero-order valence-electron chi connectivity index (χ0n) is 19.4. The molecule has 0 bridgehead atoms. The molecule has 5 rings (SSSR count). The predicted molar refractivity (Wildman–Crippen MR) is 138 cm³/mol. The predicted octanol–water partition coefficient (Wildman–Crippen LogP) is 5.00. The lowest BCUT2D eigenvalue weighted by atomic mass is 9.95. The monoisotopic (exact) mass is 485 g/mol. The first-order valence-corrected chi connectivity index (χ1v) is 11.8. The van der Waals surface area contributed by atoms with Crippen LogP contribution >= 0.6 is 11.3 Å². The minimum atomic E-state index is -0.850. The molecule has 0 radical (unpaired) electrons. The molecule has 2 heterocycles. The number of ketones is 1. The Kier molecular flexibility index (Phi) is 5.74. The molecule has 4 aromatic rings. The summed E-state index contributed by atoms with van der Waals surface area (Å²) in [5.74, 6) is -1.39. The van der Waals surface area contributed by atoms with E-state index >= 15 is 0 Å². The Morgan fingerprint density at radius 2 is 1.69 bits per heavy atom. The molecule has 1 N–H and O–H groups in total. The summed E-state index contributed by atoms with van der Waals surface area (Å²) < 4.78 is 6.30. The summed E-state index contributed by atoms with van der Waals surface area (Å²) in [5.41, 5.74) is 2.73. The lowest BCUT2D eigenvalue weighted by Gasteiger charge is -2.24. The van der Waals surface area contributed by atoms with E-state index in [4.69, 9.17) is 4.74 Å². The Morgan fingerprint density at radius 3 is 2.37 bits per heavy atom. The van der Waals surface area contributed by atoms with Crippen LogP contribution in [0.2, 0.25) is 0 Å². The van der Waals surface area contributed by atoms with Crippen LogP contribution in [0.4, 0.5) is 10.8 Å². The average molecular weight is 486 g/mol. The normalized spacial score (nSPS) is 17.2. The van der Waals surface area contributed by atoms with Crippen LogP contribution in [0, 0.1) is 0 Å². The molecule has 1 saturated heterocycles. The largest absolute Gasteiger partial charge is 0.507 e. The summed E-state index contributed by atoms with van der Waals surface area (Å²) in [6, 6.07) is 21.1. The molecule has 3 aromatic carbocycles. The average Bonchev–Trinajstić information content (AvgIpc) is 3.42. The van der Waals surface area contributed by atoms with E-state index in [-0.39, 0.29) is 11.3 Å². The lowest BCUT2D eigenvalue weighted by Crippen LogP contribution is -2.29. The zero-order valence-corrected chi connectivity index (χ0v) is 20.2. The van der Waals surface area contributed by atoms with Gasteiger partial charge in [0.1, 0.15) is 11.5 Å². The summed E-state index contributed by atoms with van der Waals surface area (Å²) in [6.07, 6.45) is 0. The number of para-hydroxylation sites is 2. The van der Waals surface area contributed by atoms with Crippen molar-refractivity contribution in [1.82, 2.24) is 4.98 Å². The molecule has 1 fully saturated rings. The van der Waals surface area contributed by atoms with E-state index in [9.17, 15) is 14.7 Å². The van der Waals surface area contributed by atoms with E-state index in [1.165, 1.54) is 23.3 Å². The number of benzene rings is 3. The molecule has 1 unspecified atom stereocenters. The number of anilines is 2. The van der Waals surface area contributed by atoms with Gasteiger partial charge in [-0.1, -0.05) is 47.7 Å². The number of carbonyl (C=O) groups excluding carboxylic acids is 2. The maximum atomic E-state index is 13.4. The highest BCUT2D eigenvalue weighted by atomic mass is 32.1. The molecule has 8 heteroatoms. The number of aliphatic hydroxyl groups is 1. The highest BCUT2D eigenvalue weighted by molar-refractivity contribution is 7.22. The van der Waals surface area contributed by atoms with Crippen molar-refractivity contribution in [2.45, 2.75) is 6.04 Å². The number of aromatic nitrogens is 1. The first kappa shape index (κ1) is 22.6. The fourth-order valence-corrected chi connectivity index (χ4v) is 5.24. The number of carbonyl (C=O) groups is 2. The van der Waals surface area contributed by atoms with Crippen LogP contribution < -0.4 is 14.5 Å². The Hall–Kier alpha value is -4.17. The van der Waals surface area contributed by atoms with E-state index in [0.29, 0.717) is 22.0 Å². The van der Waals surface area contributed by atoms with Gasteiger partial charge >= 0.3 is 5.91 Å². The van der Waals surface area contributed by atoms with Crippen molar-refractivity contribution in [2.24, 2.45) is 0 Å². The molecule has 35 heavy (non-hydrogen) atoms. The van der Waals surface area contributed by atoms with E-state index in [1.54, 1.807) is 24.3 Å². The number of amides is 1. The number of ether oxygens (including phenoxy) is 1. The standard InChI is InChI=1S/C27H23N3O4S/c1-29(2)17-14-12-16(13-15-17)23-22(24(31)18-8-4-6-10-20(18)34-3)25(32)26(33)30(23)27-28-19-9-5-7-11-21(19)35-27/h4-15,23,31H,1-3H3/b24-22+. The molecule has 7 nitrogen and oxygen atoms in total. The first-order chi connectivity index (χ1) is 16.9. The van der Waals surface area contributed by atoms with E-state index in [0.717, 1.165) is 15.9 Å². The zero-order chi connectivity index (χ0) is 24.7. The van der Waals surface area contributed by atoms with Crippen LogP contribution in [0.25, 0.3) is 16.0 Å². The van der Waals surface area contributed by atoms with Crippen LogP contribution in [0.3, 0.4) is 0 Å². The second-order valence-corrected chi connectivity index (χ2v) is 9.33. The lowest BCUT2D eigenvalue weighted by molar-refractivity contribution is -0.132. The summed E-state index contributed by atoms with van der Waals surface area (Å²) in [4.78, 5) is 34.8. The second kappa shape index (κ2) is 8.88. The number of aliphatic hydroxyl groups excluding tert-OH is 1. The number of hydrogen-bond acceptors (Lipinski definition) is 7. The Balaban J connectivity index is 1.74. The number of methoxy groups -OCH3 is 1. The van der Waals surface area contributed by atoms with Crippen molar-refractivity contribution >= 4 is 49.8 Å². The quantitative estimate of drug-likeness (QED) is 0.243. The fraction of sp³-hybridized carbons (Fsp3) is 0.148. The van der Waals surface area contributed by atoms with Crippen molar-refractivity contribution in [2.75, 3.05) is 31.0 Å². The van der Waals surface area contributed by atoms with Gasteiger partial charge in [-0.3, -0.25) is 14.5 Å². The highest BCUT2D eigenvalue weighted by Crippen LogP contribution is 2.45. The molecule has 0 aliphatic carbocycles. The van der Waals surface area contributed by atoms with Crippen molar-refractivity contribution in [3.8, 4) is 5.75 Å². The molecule has 1 atom stereocenters. The van der Waals surface area contributed by atoms with Crippen LogP contribution in [0.15, 0.2) is 78.4 Å². The third-order valence-corrected chi connectivity index (χ3v) is 7.06. The van der Waals surface area contributed by atoms with Gasteiger partial charge in [0.15, 0.2) is 5.13 Å². The molecule has 1 aliphatic rings. The Bertz CT molecular complexity index is 1440. The van der Waals surface area contributed by atoms with Gasteiger partial charge in [0.25, 0.3) is 5.78 Å². The molecule has 176 valence electrons. The van der Waals surface area contributed by atoms with Gasteiger partial charge in [0.05, 0.1) is 34.5 Å². The van der Waals surface area contributed by atoms with Crippen molar-refractivity contribution in [3.63, 3.8) is 0 Å². The van der Waals surface area contributed by atoms with Crippen LogP contribution in [0.1, 0.15) is 17.2 Å². The van der Waals surface area contributed by atoms with Gasteiger partial charge in [0, 0.05) is 19.8 Å². The van der Waals surface area contributed by atoms with Gasteiger partial charge in [0.2, 0.25) is 0 Å². The molecular weight excluding hydrogens is 462 g/mol. The minimum absolute atomic E-state index is 0.00337. The first-order valence-electron chi connectivity index (χ1n) is 11.0. The Morgan fingerprint density at radius 1 is 1.00 bits per heavy atom. The molecule has 1 amide bonds. The summed E-state index contributed by atoms with van der Waals surface area (Å²) in [5, 5.41) is 11.8. The number of Topliss-reactive ketones (excluding diaryl/α,β-unsaturated/α-hetero) is 1. The summed E-state index contributed by atoms with van der Waals surface area (Å²) in [7, 11) is 5.36. The molecule has 0 saturated carbocycles. The molecule has 1 aromatic heterocycles. The van der Waals surface area contributed by atoms with Crippen LogP contribution in [-0.4, -0.2) is 43.0 Å². The number of fused-ring (bicyclic) bond motifs is 1. The number of rotatable bonds is 5. The van der Waals surface area contributed by atoms with Gasteiger partial charge in [-0.05, 0) is 42.0 Å².